The lowest BCUT2D eigenvalue weighted by Gasteiger charge is -2.24. The second kappa shape index (κ2) is 5.50. The highest BCUT2D eigenvalue weighted by molar-refractivity contribution is 7.12. The lowest BCUT2D eigenvalue weighted by atomic mass is 10.0. The van der Waals surface area contributed by atoms with Crippen LogP contribution >= 0.6 is 11.3 Å². The van der Waals surface area contributed by atoms with E-state index in [0.29, 0.717) is 4.88 Å². The van der Waals surface area contributed by atoms with Crippen LogP contribution < -0.4 is 5.32 Å². The molecule has 0 radical (unpaired) electrons. The average molecular weight is 292 g/mol. The SMILES string of the molecule is CC(C)(CC(=O)O)NC(=O)c1sccc1-n1cccc1. The van der Waals surface area contributed by atoms with E-state index in [1.54, 1.807) is 13.8 Å². The summed E-state index contributed by atoms with van der Waals surface area (Å²) in [5.41, 5.74) is 0.00421. The fourth-order valence-electron chi connectivity index (χ4n) is 1.96. The number of aliphatic carboxylic acids is 1. The number of carboxylic acids is 1. The van der Waals surface area contributed by atoms with Crippen LogP contribution in [-0.4, -0.2) is 27.1 Å². The molecule has 0 fully saturated rings. The molecule has 1 amide bonds. The predicted octanol–water partition coefficient (Wildman–Crippen LogP) is 2.52. The van der Waals surface area contributed by atoms with Gasteiger partial charge in [-0.05, 0) is 37.4 Å². The molecule has 0 bridgehead atoms. The van der Waals surface area contributed by atoms with Crippen molar-refractivity contribution in [2.75, 3.05) is 0 Å². The van der Waals surface area contributed by atoms with Crippen molar-refractivity contribution in [2.24, 2.45) is 0 Å². The number of hydrogen-bond donors (Lipinski definition) is 2. The number of rotatable bonds is 5. The molecular formula is C14H16N2O3S. The van der Waals surface area contributed by atoms with E-state index in [-0.39, 0.29) is 12.3 Å². The van der Waals surface area contributed by atoms with E-state index in [4.69, 9.17) is 5.11 Å². The maximum Gasteiger partial charge on any atom is 0.305 e. The number of carbonyl (C=O) groups excluding carboxylic acids is 1. The van der Waals surface area contributed by atoms with E-state index in [2.05, 4.69) is 5.32 Å². The van der Waals surface area contributed by atoms with Crippen molar-refractivity contribution in [3.63, 3.8) is 0 Å². The molecule has 0 saturated heterocycles. The van der Waals surface area contributed by atoms with Gasteiger partial charge in [0.1, 0.15) is 4.88 Å². The van der Waals surface area contributed by atoms with Gasteiger partial charge >= 0.3 is 5.97 Å². The molecule has 0 saturated carbocycles. The van der Waals surface area contributed by atoms with Gasteiger partial charge in [-0.2, -0.15) is 0 Å². The zero-order valence-corrected chi connectivity index (χ0v) is 12.1. The molecule has 5 nitrogen and oxygen atoms in total. The molecule has 2 aromatic rings. The number of carbonyl (C=O) groups is 2. The Morgan fingerprint density at radius 2 is 2.00 bits per heavy atom. The summed E-state index contributed by atoms with van der Waals surface area (Å²) in [7, 11) is 0. The van der Waals surface area contributed by atoms with E-state index in [1.807, 2.05) is 40.5 Å². The molecule has 6 heteroatoms. The van der Waals surface area contributed by atoms with Gasteiger partial charge < -0.3 is 15.0 Å². The Kier molecular flexibility index (Phi) is 3.94. The zero-order chi connectivity index (χ0) is 14.8. The van der Waals surface area contributed by atoms with Crippen LogP contribution in [0.4, 0.5) is 0 Å². The summed E-state index contributed by atoms with van der Waals surface area (Å²) in [6.45, 7) is 3.39. The standard InChI is InChI=1S/C14H16N2O3S/c1-14(2,9-11(17)18)15-13(19)12-10(5-8-20-12)16-6-3-4-7-16/h3-8H,9H2,1-2H3,(H,15,19)(H,17,18). The highest BCUT2D eigenvalue weighted by atomic mass is 32.1. The summed E-state index contributed by atoms with van der Waals surface area (Å²) in [5, 5.41) is 13.5. The highest BCUT2D eigenvalue weighted by Gasteiger charge is 2.26. The van der Waals surface area contributed by atoms with Gasteiger partial charge in [-0.1, -0.05) is 0 Å². The maximum absolute atomic E-state index is 12.3. The second-order valence-electron chi connectivity index (χ2n) is 5.13. The lowest BCUT2D eigenvalue weighted by Crippen LogP contribution is -2.44. The molecule has 20 heavy (non-hydrogen) atoms. The van der Waals surface area contributed by atoms with Crippen molar-refractivity contribution in [1.29, 1.82) is 0 Å². The van der Waals surface area contributed by atoms with E-state index in [1.165, 1.54) is 11.3 Å². The zero-order valence-electron chi connectivity index (χ0n) is 11.3. The van der Waals surface area contributed by atoms with Crippen molar-refractivity contribution in [1.82, 2.24) is 9.88 Å². The molecule has 0 unspecified atom stereocenters. The number of nitrogens with zero attached hydrogens (tertiary/aromatic N) is 1. The largest absolute Gasteiger partial charge is 0.481 e. The van der Waals surface area contributed by atoms with E-state index in [9.17, 15) is 9.59 Å². The monoisotopic (exact) mass is 292 g/mol. The van der Waals surface area contributed by atoms with Gasteiger partial charge in [0.2, 0.25) is 0 Å². The lowest BCUT2D eigenvalue weighted by molar-refractivity contribution is -0.138. The molecular weight excluding hydrogens is 276 g/mol. The third kappa shape index (κ3) is 3.27. The molecule has 2 N–H and O–H groups in total. The molecule has 0 atom stereocenters. The minimum Gasteiger partial charge on any atom is -0.481 e. The van der Waals surface area contributed by atoms with E-state index in [0.717, 1.165) is 5.69 Å². The minimum atomic E-state index is -0.938. The van der Waals surface area contributed by atoms with E-state index < -0.39 is 11.5 Å². The van der Waals surface area contributed by atoms with Gasteiger partial charge in [-0.3, -0.25) is 9.59 Å². The predicted molar refractivity (Wildman–Crippen MR) is 77.4 cm³/mol. The van der Waals surface area contributed by atoms with Gasteiger partial charge in [-0.25, -0.2) is 0 Å². The number of hydrogen-bond acceptors (Lipinski definition) is 3. The van der Waals surface area contributed by atoms with Crippen LogP contribution in [0.15, 0.2) is 36.0 Å². The fourth-order valence-corrected chi connectivity index (χ4v) is 2.74. The van der Waals surface area contributed by atoms with Gasteiger partial charge in [0.25, 0.3) is 5.91 Å². The van der Waals surface area contributed by atoms with Crippen LogP contribution in [0.1, 0.15) is 29.9 Å². The Morgan fingerprint density at radius 1 is 1.35 bits per heavy atom. The quantitative estimate of drug-likeness (QED) is 0.889. The molecule has 2 rings (SSSR count). The molecule has 0 aliphatic heterocycles. The number of amides is 1. The van der Waals surface area contributed by atoms with E-state index >= 15 is 0 Å². The first-order valence-corrected chi connectivity index (χ1v) is 7.02. The molecule has 2 aromatic heterocycles. The summed E-state index contributed by atoms with van der Waals surface area (Å²) in [5.74, 6) is -1.19. The summed E-state index contributed by atoms with van der Waals surface area (Å²) >= 11 is 1.34. The normalized spacial score (nSPS) is 11.3. The van der Waals surface area contributed by atoms with Gasteiger partial charge in [0.15, 0.2) is 0 Å². The molecule has 0 aromatic carbocycles. The topological polar surface area (TPSA) is 71.3 Å². The Morgan fingerprint density at radius 3 is 2.60 bits per heavy atom. The number of aromatic nitrogens is 1. The van der Waals surface area contributed by atoms with Crippen molar-refractivity contribution in [3.8, 4) is 5.69 Å². The van der Waals surface area contributed by atoms with Crippen LogP contribution in [0.25, 0.3) is 5.69 Å². The smallest absolute Gasteiger partial charge is 0.305 e. The fraction of sp³-hybridized carbons (Fsp3) is 0.286. The van der Waals surface area contributed by atoms with Crippen molar-refractivity contribution < 1.29 is 14.7 Å². The van der Waals surface area contributed by atoms with Crippen LogP contribution in [0.2, 0.25) is 0 Å². The molecule has 0 aliphatic carbocycles. The highest BCUT2D eigenvalue weighted by Crippen LogP contribution is 2.22. The first kappa shape index (κ1) is 14.3. The van der Waals surface area contributed by atoms with Crippen LogP contribution in [0.3, 0.4) is 0 Å². The van der Waals surface area contributed by atoms with Crippen LogP contribution in [-0.2, 0) is 4.79 Å². The summed E-state index contributed by atoms with van der Waals surface area (Å²) in [6.07, 6.45) is 3.60. The van der Waals surface area contributed by atoms with Crippen LogP contribution in [0, 0.1) is 0 Å². The second-order valence-corrected chi connectivity index (χ2v) is 6.05. The van der Waals surface area contributed by atoms with Gasteiger partial charge in [0, 0.05) is 17.9 Å². The van der Waals surface area contributed by atoms with Crippen molar-refractivity contribution in [2.45, 2.75) is 25.8 Å². The van der Waals surface area contributed by atoms with Gasteiger partial charge in [0.05, 0.1) is 12.1 Å². The third-order valence-corrected chi connectivity index (χ3v) is 3.68. The molecule has 2 heterocycles. The Hall–Kier alpha value is -2.08. The Balaban J connectivity index is 2.19. The van der Waals surface area contributed by atoms with Crippen molar-refractivity contribution >= 4 is 23.2 Å². The summed E-state index contributed by atoms with van der Waals surface area (Å²) in [6, 6.07) is 5.63. The van der Waals surface area contributed by atoms with Crippen LogP contribution in [0.5, 0.6) is 0 Å². The molecule has 0 spiro atoms. The average Bonchev–Trinajstić information content (AvgIpc) is 2.97. The minimum absolute atomic E-state index is 0.122. The summed E-state index contributed by atoms with van der Waals surface area (Å²) < 4.78 is 1.86. The Labute approximate surface area is 120 Å². The molecule has 0 aliphatic rings. The number of thiophene rings is 1. The number of nitrogens with one attached hydrogen (secondary N) is 1. The number of carboxylic acid groups (broad SMARTS) is 1. The molecule has 106 valence electrons. The third-order valence-electron chi connectivity index (χ3n) is 2.78. The summed E-state index contributed by atoms with van der Waals surface area (Å²) in [4.78, 5) is 23.7. The first-order valence-electron chi connectivity index (χ1n) is 6.14. The van der Waals surface area contributed by atoms with Crippen molar-refractivity contribution in [3.05, 3.63) is 40.8 Å². The Bertz CT molecular complexity index is 614. The first-order chi connectivity index (χ1) is 9.39. The maximum atomic E-state index is 12.3. The van der Waals surface area contributed by atoms with Gasteiger partial charge in [-0.15, -0.1) is 11.3 Å².